The molecule has 56 heavy (non-hydrogen) atoms. The molecule has 0 radical (unpaired) electrons. The zero-order valence-electron chi connectivity index (χ0n) is 30.3. The molecule has 3 heterocycles. The first kappa shape index (κ1) is 30.9. The molecule has 9 aromatic carbocycles. The maximum Gasteiger partial charge on any atom is 0.0979 e. The van der Waals surface area contributed by atoms with Crippen molar-refractivity contribution in [3.8, 4) is 33.8 Å². The monoisotopic (exact) mass is 712 g/mol. The molecule has 4 heteroatoms. The fraction of sp³-hybridized carbons (Fsp3) is 0. The second kappa shape index (κ2) is 12.0. The van der Waals surface area contributed by atoms with Gasteiger partial charge in [-0.15, -0.1) is 0 Å². The van der Waals surface area contributed by atoms with Gasteiger partial charge < -0.3 is 9.13 Å². The van der Waals surface area contributed by atoms with Crippen LogP contribution in [0, 0.1) is 0 Å². The van der Waals surface area contributed by atoms with Crippen molar-refractivity contribution in [2.45, 2.75) is 0 Å². The van der Waals surface area contributed by atoms with E-state index in [0.29, 0.717) is 0 Å². The van der Waals surface area contributed by atoms with Gasteiger partial charge in [0.25, 0.3) is 0 Å². The number of nitrogens with zero attached hydrogens (tertiary/aromatic N) is 4. The molecule has 12 aromatic rings. The molecule has 0 atom stereocenters. The SMILES string of the molecule is c1ccc(-n2c3ccccc3c3ccc(-c4cccc5c4c4ccccc4n5-c4cccc(-c5cnc6c7ccccc7c7ccccc7c6n5)c4)cc32)cc1. The molecule has 260 valence electrons. The minimum Gasteiger partial charge on any atom is -0.309 e. The summed E-state index contributed by atoms with van der Waals surface area (Å²) in [7, 11) is 0. The van der Waals surface area contributed by atoms with E-state index < -0.39 is 0 Å². The Bertz CT molecular complexity index is 3500. The lowest BCUT2D eigenvalue weighted by Gasteiger charge is -2.12. The number of rotatable bonds is 4. The van der Waals surface area contributed by atoms with Crippen LogP contribution in [0.2, 0.25) is 0 Å². The van der Waals surface area contributed by atoms with Crippen molar-refractivity contribution in [3.05, 3.63) is 194 Å². The first-order chi connectivity index (χ1) is 27.8. The molecular weight excluding hydrogens is 681 g/mol. The van der Waals surface area contributed by atoms with Gasteiger partial charge in [0.1, 0.15) is 0 Å². The largest absolute Gasteiger partial charge is 0.309 e. The quantitative estimate of drug-likeness (QED) is 0.170. The third-order valence-corrected chi connectivity index (χ3v) is 11.5. The summed E-state index contributed by atoms with van der Waals surface area (Å²) in [4.78, 5) is 10.4. The normalized spacial score (nSPS) is 11.9. The predicted molar refractivity (Wildman–Crippen MR) is 234 cm³/mol. The summed E-state index contributed by atoms with van der Waals surface area (Å²) >= 11 is 0. The molecule has 0 amide bonds. The van der Waals surface area contributed by atoms with Crippen LogP contribution >= 0.6 is 0 Å². The topological polar surface area (TPSA) is 35.6 Å². The lowest BCUT2D eigenvalue weighted by atomic mass is 9.98. The van der Waals surface area contributed by atoms with E-state index in [1.807, 2.05) is 6.20 Å². The molecule has 0 aliphatic carbocycles. The van der Waals surface area contributed by atoms with Crippen molar-refractivity contribution in [1.82, 2.24) is 19.1 Å². The second-order valence-electron chi connectivity index (χ2n) is 14.6. The average molecular weight is 713 g/mol. The standard InChI is InChI=1S/C52H32N4/c1-2-15-35(16-3-1)55-46-25-10-8-20-40(46)41-29-28-33(31-49(41)55)37-24-13-27-48-50(37)44-23-9-11-26-47(44)56(48)36-17-12-14-34(30-36)45-32-53-51-42-21-6-4-18-38(42)39-19-5-7-22-43(39)52(51)54-45/h1-32H. The summed E-state index contributed by atoms with van der Waals surface area (Å²) in [6, 6.07) is 67.6. The molecule has 0 spiro atoms. The number of hydrogen-bond acceptors (Lipinski definition) is 2. The number of fused-ring (bicyclic) bond motifs is 12. The van der Waals surface area contributed by atoms with E-state index in [1.165, 1.54) is 54.5 Å². The Morgan fingerprint density at radius 1 is 0.339 bits per heavy atom. The summed E-state index contributed by atoms with van der Waals surface area (Å²) in [5.41, 5.74) is 13.1. The Morgan fingerprint density at radius 3 is 1.70 bits per heavy atom. The summed E-state index contributed by atoms with van der Waals surface area (Å²) < 4.78 is 4.79. The van der Waals surface area contributed by atoms with E-state index in [9.17, 15) is 0 Å². The Morgan fingerprint density at radius 2 is 0.911 bits per heavy atom. The highest BCUT2D eigenvalue weighted by atomic mass is 15.0. The first-order valence-electron chi connectivity index (χ1n) is 19.1. The van der Waals surface area contributed by atoms with Crippen LogP contribution in [0.25, 0.3) is 110 Å². The molecule has 0 saturated heterocycles. The predicted octanol–water partition coefficient (Wildman–Crippen LogP) is 13.5. The van der Waals surface area contributed by atoms with Gasteiger partial charge >= 0.3 is 0 Å². The van der Waals surface area contributed by atoms with Crippen molar-refractivity contribution >= 4 is 76.2 Å². The molecule has 0 unspecified atom stereocenters. The van der Waals surface area contributed by atoms with Crippen LogP contribution in [0.3, 0.4) is 0 Å². The zero-order chi connectivity index (χ0) is 36.7. The Kier molecular flexibility index (Phi) is 6.60. The van der Waals surface area contributed by atoms with Gasteiger partial charge in [0.15, 0.2) is 0 Å². The van der Waals surface area contributed by atoms with E-state index in [2.05, 4.69) is 197 Å². The minimum atomic E-state index is 0.850. The van der Waals surface area contributed by atoms with Gasteiger partial charge in [-0.25, -0.2) is 4.98 Å². The molecule has 4 nitrogen and oxygen atoms in total. The molecule has 0 aliphatic rings. The highest BCUT2D eigenvalue weighted by Gasteiger charge is 2.19. The number of aromatic nitrogens is 4. The van der Waals surface area contributed by atoms with E-state index in [-0.39, 0.29) is 0 Å². The van der Waals surface area contributed by atoms with Crippen LogP contribution in [0.1, 0.15) is 0 Å². The number of para-hydroxylation sites is 3. The van der Waals surface area contributed by atoms with E-state index in [1.54, 1.807) is 0 Å². The summed E-state index contributed by atoms with van der Waals surface area (Å²) in [5.74, 6) is 0. The maximum absolute atomic E-state index is 5.32. The zero-order valence-corrected chi connectivity index (χ0v) is 30.3. The van der Waals surface area contributed by atoms with Crippen molar-refractivity contribution in [3.63, 3.8) is 0 Å². The lowest BCUT2D eigenvalue weighted by Crippen LogP contribution is -1.96. The molecule has 0 bridgehead atoms. The number of benzene rings is 9. The van der Waals surface area contributed by atoms with Gasteiger partial charge in [0.05, 0.1) is 45.0 Å². The second-order valence-corrected chi connectivity index (χ2v) is 14.6. The van der Waals surface area contributed by atoms with Crippen LogP contribution < -0.4 is 0 Å². The minimum absolute atomic E-state index is 0.850. The van der Waals surface area contributed by atoms with Gasteiger partial charge in [-0.1, -0.05) is 140 Å². The third-order valence-electron chi connectivity index (χ3n) is 11.5. The fourth-order valence-corrected chi connectivity index (χ4v) is 9.10. The van der Waals surface area contributed by atoms with Gasteiger partial charge in [-0.2, -0.15) is 0 Å². The Labute approximate surface area is 322 Å². The summed E-state index contributed by atoms with van der Waals surface area (Å²) in [6.45, 7) is 0. The average Bonchev–Trinajstić information content (AvgIpc) is 3.79. The van der Waals surface area contributed by atoms with Crippen LogP contribution in [-0.4, -0.2) is 19.1 Å². The maximum atomic E-state index is 5.32. The molecule has 0 N–H and O–H groups in total. The van der Waals surface area contributed by atoms with Gasteiger partial charge in [0, 0.05) is 49.3 Å². The molecule has 12 rings (SSSR count). The van der Waals surface area contributed by atoms with E-state index in [4.69, 9.17) is 9.97 Å². The summed E-state index contributed by atoms with van der Waals surface area (Å²) in [6.07, 6.45) is 1.93. The first-order valence-corrected chi connectivity index (χ1v) is 19.1. The van der Waals surface area contributed by atoms with Crippen molar-refractivity contribution in [2.24, 2.45) is 0 Å². The molecular formula is C52H32N4. The van der Waals surface area contributed by atoms with Gasteiger partial charge in [-0.05, 0) is 70.4 Å². The molecule has 0 aliphatic heterocycles. The highest BCUT2D eigenvalue weighted by Crippen LogP contribution is 2.42. The molecule has 0 fully saturated rings. The van der Waals surface area contributed by atoms with Crippen molar-refractivity contribution in [2.75, 3.05) is 0 Å². The van der Waals surface area contributed by atoms with Crippen molar-refractivity contribution < 1.29 is 0 Å². The smallest absolute Gasteiger partial charge is 0.0979 e. The van der Waals surface area contributed by atoms with E-state index >= 15 is 0 Å². The summed E-state index contributed by atoms with van der Waals surface area (Å²) in [5, 5.41) is 9.58. The van der Waals surface area contributed by atoms with Crippen molar-refractivity contribution in [1.29, 1.82) is 0 Å². The Balaban J connectivity index is 1.05. The molecule has 3 aromatic heterocycles. The Hall–Kier alpha value is -7.56. The number of hydrogen-bond donors (Lipinski definition) is 0. The van der Waals surface area contributed by atoms with Gasteiger partial charge in [0.2, 0.25) is 0 Å². The highest BCUT2D eigenvalue weighted by molar-refractivity contribution is 6.23. The van der Waals surface area contributed by atoms with Crippen LogP contribution in [0.15, 0.2) is 194 Å². The van der Waals surface area contributed by atoms with E-state index in [0.717, 1.165) is 55.5 Å². The molecule has 0 saturated carbocycles. The van der Waals surface area contributed by atoms with Gasteiger partial charge in [-0.3, -0.25) is 4.98 Å². The van der Waals surface area contributed by atoms with Crippen LogP contribution in [-0.2, 0) is 0 Å². The van der Waals surface area contributed by atoms with Crippen LogP contribution in [0.4, 0.5) is 0 Å². The third kappa shape index (κ3) is 4.47. The fourth-order valence-electron chi connectivity index (χ4n) is 9.10. The van der Waals surface area contributed by atoms with Crippen LogP contribution in [0.5, 0.6) is 0 Å². The lowest BCUT2D eigenvalue weighted by molar-refractivity contribution is 1.18.